The van der Waals surface area contributed by atoms with Crippen molar-refractivity contribution in [3.05, 3.63) is 65.4 Å². The van der Waals surface area contributed by atoms with E-state index in [4.69, 9.17) is 4.74 Å². The molecule has 0 aliphatic carbocycles. The number of likely N-dealkylation sites (tertiary alicyclic amines) is 1. The van der Waals surface area contributed by atoms with Crippen molar-refractivity contribution in [2.24, 2.45) is 5.92 Å². The van der Waals surface area contributed by atoms with Crippen LogP contribution in [0.5, 0.6) is 5.75 Å². The van der Waals surface area contributed by atoms with Gasteiger partial charge in [0.2, 0.25) is 0 Å². The minimum atomic E-state index is 0.0792. The molecule has 0 radical (unpaired) electrons. The summed E-state index contributed by atoms with van der Waals surface area (Å²) in [5.74, 6) is 3.09. The lowest BCUT2D eigenvalue weighted by Crippen LogP contribution is -2.34. The first-order chi connectivity index (χ1) is 16.5. The first-order valence-electron chi connectivity index (χ1n) is 11.9. The van der Waals surface area contributed by atoms with Crippen LogP contribution in [0, 0.1) is 12.8 Å². The van der Waals surface area contributed by atoms with E-state index in [9.17, 15) is 0 Å². The first-order valence-corrected chi connectivity index (χ1v) is 12.8. The fourth-order valence-corrected chi connectivity index (χ4v) is 5.32. The second kappa shape index (κ2) is 10.1. The van der Waals surface area contributed by atoms with Crippen molar-refractivity contribution in [1.82, 2.24) is 19.9 Å². The number of hydrogen-bond donors (Lipinski definition) is 1. The number of benzene rings is 2. The second-order valence-corrected chi connectivity index (χ2v) is 10.1. The highest BCUT2D eigenvalue weighted by molar-refractivity contribution is 7.16. The highest BCUT2D eigenvalue weighted by Gasteiger charge is 2.18. The van der Waals surface area contributed by atoms with Gasteiger partial charge in [0.05, 0.1) is 34.1 Å². The lowest BCUT2D eigenvalue weighted by molar-refractivity contribution is 0.150. The fourth-order valence-electron chi connectivity index (χ4n) is 4.61. The van der Waals surface area contributed by atoms with Gasteiger partial charge in [0, 0.05) is 24.1 Å². The summed E-state index contributed by atoms with van der Waals surface area (Å²) in [7, 11) is 2.19. The Morgan fingerprint density at radius 2 is 2.09 bits per heavy atom. The molecule has 0 amide bonds. The largest absolute Gasteiger partial charge is 0.493 e. The van der Waals surface area contributed by atoms with Crippen LogP contribution < -0.4 is 10.1 Å². The zero-order valence-corrected chi connectivity index (χ0v) is 20.8. The molecule has 2 atom stereocenters. The van der Waals surface area contributed by atoms with E-state index in [0.29, 0.717) is 5.92 Å². The number of piperidine rings is 1. The Kier molecular flexibility index (Phi) is 6.74. The van der Waals surface area contributed by atoms with E-state index < -0.39 is 0 Å². The van der Waals surface area contributed by atoms with Crippen LogP contribution in [0.25, 0.3) is 21.5 Å². The normalized spacial score (nSPS) is 17.6. The fraction of sp³-hybridized carbons (Fsp3) is 0.370. The van der Waals surface area contributed by atoms with E-state index in [0.717, 1.165) is 52.0 Å². The first kappa shape index (κ1) is 22.7. The van der Waals surface area contributed by atoms with E-state index in [2.05, 4.69) is 69.5 Å². The van der Waals surface area contributed by atoms with Crippen LogP contribution in [0.1, 0.15) is 37.2 Å². The zero-order chi connectivity index (χ0) is 23.5. The zero-order valence-electron chi connectivity index (χ0n) is 20.0. The second-order valence-electron chi connectivity index (χ2n) is 9.24. The predicted octanol–water partition coefficient (Wildman–Crippen LogP) is 5.96. The summed E-state index contributed by atoms with van der Waals surface area (Å²) in [6.07, 6.45) is 2.50. The summed E-state index contributed by atoms with van der Waals surface area (Å²) in [4.78, 5) is 16.1. The van der Waals surface area contributed by atoms with Crippen LogP contribution in [0.4, 0.5) is 5.82 Å². The van der Waals surface area contributed by atoms with Gasteiger partial charge in [0.15, 0.2) is 0 Å². The van der Waals surface area contributed by atoms with Gasteiger partial charge in [-0.1, -0.05) is 18.2 Å². The molecule has 6 nitrogen and oxygen atoms in total. The van der Waals surface area contributed by atoms with Crippen LogP contribution >= 0.6 is 11.3 Å². The van der Waals surface area contributed by atoms with Crippen molar-refractivity contribution < 1.29 is 4.74 Å². The van der Waals surface area contributed by atoms with Crippen molar-refractivity contribution in [3.8, 4) is 17.0 Å². The molecule has 1 aliphatic heterocycles. The number of hydrogen-bond acceptors (Lipinski definition) is 7. The molecule has 0 saturated carbocycles. The van der Waals surface area contributed by atoms with Crippen molar-refractivity contribution in [2.45, 2.75) is 32.7 Å². The minimum Gasteiger partial charge on any atom is -0.493 e. The average molecular weight is 474 g/mol. The van der Waals surface area contributed by atoms with E-state index in [1.807, 2.05) is 30.6 Å². The molecule has 1 saturated heterocycles. The Balaban J connectivity index is 1.28. The van der Waals surface area contributed by atoms with Gasteiger partial charge in [-0.05, 0) is 70.1 Å². The predicted molar refractivity (Wildman–Crippen MR) is 140 cm³/mol. The van der Waals surface area contributed by atoms with E-state index in [1.165, 1.54) is 24.9 Å². The molecule has 7 heteroatoms. The number of rotatable bonds is 7. The molecule has 1 aliphatic rings. The third-order valence-corrected chi connectivity index (χ3v) is 7.19. The monoisotopic (exact) mass is 473 g/mol. The SMILES string of the molecule is Cc1nc(NC(C)c2cccc(OCC3CCCN(C)C3)c2)cc(-c2ccc3ncsc3c2)n1. The maximum atomic E-state index is 6.18. The number of aryl methyl sites for hydroxylation is 1. The molecule has 3 heterocycles. The van der Waals surface area contributed by atoms with E-state index in [1.54, 1.807) is 11.3 Å². The molecular formula is C27H31N5OS. The Morgan fingerprint density at radius 3 is 2.97 bits per heavy atom. The third-order valence-electron chi connectivity index (χ3n) is 6.40. The highest BCUT2D eigenvalue weighted by atomic mass is 32.1. The molecule has 2 aromatic heterocycles. The smallest absolute Gasteiger partial charge is 0.130 e. The maximum Gasteiger partial charge on any atom is 0.130 e. The lowest BCUT2D eigenvalue weighted by Gasteiger charge is -2.29. The van der Waals surface area contributed by atoms with E-state index in [-0.39, 0.29) is 6.04 Å². The summed E-state index contributed by atoms with van der Waals surface area (Å²) in [6.45, 7) is 7.16. The summed E-state index contributed by atoms with van der Waals surface area (Å²) in [5, 5.41) is 3.56. The van der Waals surface area contributed by atoms with Crippen molar-refractivity contribution >= 4 is 27.4 Å². The molecule has 2 aromatic carbocycles. The Bertz CT molecular complexity index is 1270. The molecule has 0 bridgehead atoms. The van der Waals surface area contributed by atoms with E-state index >= 15 is 0 Å². The van der Waals surface area contributed by atoms with Gasteiger partial charge in [0.25, 0.3) is 0 Å². The minimum absolute atomic E-state index is 0.0792. The summed E-state index contributed by atoms with van der Waals surface area (Å²) >= 11 is 1.64. The quantitative estimate of drug-likeness (QED) is 0.358. The number of anilines is 1. The van der Waals surface area contributed by atoms with Crippen LogP contribution in [-0.4, -0.2) is 46.6 Å². The van der Waals surface area contributed by atoms with Crippen molar-refractivity contribution in [3.63, 3.8) is 0 Å². The lowest BCUT2D eigenvalue weighted by atomic mass is 9.99. The van der Waals surface area contributed by atoms with Crippen LogP contribution in [-0.2, 0) is 0 Å². The summed E-state index contributed by atoms with van der Waals surface area (Å²) in [6, 6.07) is 16.7. The number of fused-ring (bicyclic) bond motifs is 1. The topological polar surface area (TPSA) is 63.2 Å². The molecule has 2 unspecified atom stereocenters. The van der Waals surface area contributed by atoms with Gasteiger partial charge < -0.3 is 15.0 Å². The summed E-state index contributed by atoms with van der Waals surface area (Å²) < 4.78 is 7.34. The van der Waals surface area contributed by atoms with Gasteiger partial charge in [-0.3, -0.25) is 0 Å². The summed E-state index contributed by atoms with van der Waals surface area (Å²) in [5.41, 5.74) is 6.04. The molecule has 0 spiro atoms. The van der Waals surface area contributed by atoms with Crippen molar-refractivity contribution in [2.75, 3.05) is 32.1 Å². The Morgan fingerprint density at radius 1 is 1.18 bits per heavy atom. The van der Waals surface area contributed by atoms with Gasteiger partial charge >= 0.3 is 0 Å². The number of nitrogens with zero attached hydrogens (tertiary/aromatic N) is 4. The van der Waals surface area contributed by atoms with Crippen molar-refractivity contribution in [1.29, 1.82) is 0 Å². The Labute approximate surface area is 205 Å². The van der Waals surface area contributed by atoms with Gasteiger partial charge in [-0.25, -0.2) is 15.0 Å². The van der Waals surface area contributed by atoms with Gasteiger partial charge in [-0.2, -0.15) is 0 Å². The Hall–Kier alpha value is -3.03. The molecule has 4 aromatic rings. The third kappa shape index (κ3) is 5.37. The maximum absolute atomic E-state index is 6.18. The van der Waals surface area contributed by atoms with Gasteiger partial charge in [0.1, 0.15) is 17.4 Å². The van der Waals surface area contributed by atoms with Crippen LogP contribution in [0.3, 0.4) is 0 Å². The number of nitrogens with one attached hydrogen (secondary N) is 1. The van der Waals surface area contributed by atoms with Crippen LogP contribution in [0.2, 0.25) is 0 Å². The molecule has 176 valence electrons. The molecular weight excluding hydrogens is 442 g/mol. The number of aromatic nitrogens is 3. The molecule has 1 fully saturated rings. The van der Waals surface area contributed by atoms with Crippen LogP contribution in [0.15, 0.2) is 54.0 Å². The standard InChI is InChI=1S/C27H31N5OS/c1-18(21-7-4-8-23(12-21)33-16-20-6-5-11-32(3)15-20)29-27-14-25(30-19(2)31-27)22-9-10-24-26(13-22)34-17-28-24/h4,7-10,12-14,17-18,20H,5-6,11,15-16H2,1-3H3,(H,29,30,31). The molecule has 5 rings (SSSR count). The van der Waals surface area contributed by atoms with Gasteiger partial charge in [-0.15, -0.1) is 11.3 Å². The highest BCUT2D eigenvalue weighted by Crippen LogP contribution is 2.28. The molecule has 1 N–H and O–H groups in total. The number of ether oxygens (including phenoxy) is 1. The molecule has 34 heavy (non-hydrogen) atoms. The average Bonchev–Trinajstić information content (AvgIpc) is 3.31. The number of thiazole rings is 1.